The second-order valence-electron chi connectivity index (χ2n) is 4.96. The number of nitro groups is 1. The molecule has 0 bridgehead atoms. The van der Waals surface area contributed by atoms with Crippen LogP contribution in [0.2, 0.25) is 0 Å². The molecule has 10 heteroatoms. The van der Waals surface area contributed by atoms with Crippen LogP contribution >= 0.6 is 0 Å². The average molecular weight is 350 g/mol. The average Bonchev–Trinajstić information content (AvgIpc) is 3.31. The molecule has 0 aliphatic heterocycles. The van der Waals surface area contributed by atoms with E-state index in [1.807, 2.05) is 0 Å². The third-order valence-corrected chi connectivity index (χ3v) is 3.29. The van der Waals surface area contributed by atoms with Gasteiger partial charge in [-0.1, -0.05) is 12.1 Å². The van der Waals surface area contributed by atoms with Gasteiger partial charge in [-0.15, -0.1) is 10.2 Å². The largest absolute Gasteiger partial charge is 0.456 e. The van der Waals surface area contributed by atoms with Gasteiger partial charge in [-0.2, -0.15) is 5.26 Å². The van der Waals surface area contributed by atoms with E-state index >= 15 is 0 Å². The molecule has 3 rings (SSSR count). The van der Waals surface area contributed by atoms with Crippen molar-refractivity contribution in [3.05, 3.63) is 70.5 Å². The molecule has 128 valence electrons. The van der Waals surface area contributed by atoms with E-state index in [9.17, 15) is 20.2 Å². The van der Waals surface area contributed by atoms with E-state index in [2.05, 4.69) is 15.6 Å². The second kappa shape index (κ2) is 7.10. The smallest absolute Gasteiger partial charge is 0.280 e. The summed E-state index contributed by atoms with van der Waals surface area (Å²) in [6.07, 6.45) is 3.75. The van der Waals surface area contributed by atoms with E-state index in [-0.39, 0.29) is 22.8 Å². The summed E-state index contributed by atoms with van der Waals surface area (Å²) in [5.74, 6) is -0.232. The maximum absolute atomic E-state index is 12.1. The molecule has 0 spiro atoms. The van der Waals surface area contributed by atoms with Crippen LogP contribution in [0.5, 0.6) is 0 Å². The Morgan fingerprint density at radius 1 is 1.27 bits per heavy atom. The van der Waals surface area contributed by atoms with Crippen LogP contribution in [0.15, 0.2) is 59.0 Å². The molecule has 1 aromatic carbocycles. The van der Waals surface area contributed by atoms with Crippen molar-refractivity contribution in [3.63, 3.8) is 0 Å². The number of furan rings is 1. The van der Waals surface area contributed by atoms with E-state index in [4.69, 9.17) is 4.42 Å². The number of rotatable bonds is 5. The number of benzene rings is 1. The Bertz CT molecular complexity index is 1030. The van der Waals surface area contributed by atoms with E-state index in [1.165, 1.54) is 41.6 Å². The number of nitro benzene ring substituents is 1. The lowest BCUT2D eigenvalue weighted by Gasteiger charge is -2.02. The topological polar surface area (TPSA) is 140 Å². The number of aromatic nitrogens is 3. The molecule has 0 unspecified atom stereocenters. The van der Waals surface area contributed by atoms with Crippen LogP contribution in [0.3, 0.4) is 0 Å². The fourth-order valence-electron chi connectivity index (χ4n) is 2.14. The zero-order valence-corrected chi connectivity index (χ0v) is 13.1. The summed E-state index contributed by atoms with van der Waals surface area (Å²) in [6.45, 7) is 0. The molecule has 0 atom stereocenters. The first-order valence-electron chi connectivity index (χ1n) is 7.20. The van der Waals surface area contributed by atoms with Gasteiger partial charge in [0.2, 0.25) is 0 Å². The van der Waals surface area contributed by atoms with Crippen LogP contribution in [0, 0.1) is 21.4 Å². The first-order chi connectivity index (χ1) is 12.6. The molecule has 0 saturated carbocycles. The van der Waals surface area contributed by atoms with E-state index in [0.29, 0.717) is 5.56 Å². The van der Waals surface area contributed by atoms with Crippen LogP contribution in [0.25, 0.3) is 17.4 Å². The standard InChI is InChI=1S/C16H10N6O4/c17-8-11(16(23)20-21-9-18-19-10-21)7-12-5-6-15(26-12)13-3-1-2-4-14(13)22(24)25/h1-7,9-10H,(H,20,23)/b11-7+. The molecule has 0 aliphatic carbocycles. The number of nitriles is 1. The van der Waals surface area contributed by atoms with Crippen molar-refractivity contribution in [3.8, 4) is 17.4 Å². The van der Waals surface area contributed by atoms with Gasteiger partial charge in [0.1, 0.15) is 35.8 Å². The molecule has 0 saturated heterocycles. The molecule has 0 radical (unpaired) electrons. The molecular weight excluding hydrogens is 340 g/mol. The Morgan fingerprint density at radius 2 is 2.00 bits per heavy atom. The van der Waals surface area contributed by atoms with E-state index in [1.54, 1.807) is 24.3 Å². The third-order valence-electron chi connectivity index (χ3n) is 3.29. The minimum absolute atomic E-state index is 0.108. The second-order valence-corrected chi connectivity index (χ2v) is 4.96. The monoisotopic (exact) mass is 350 g/mol. The summed E-state index contributed by atoms with van der Waals surface area (Å²) in [7, 11) is 0. The van der Waals surface area contributed by atoms with E-state index in [0.717, 1.165) is 0 Å². The number of hydrogen-bond acceptors (Lipinski definition) is 7. The maximum Gasteiger partial charge on any atom is 0.280 e. The maximum atomic E-state index is 12.1. The zero-order valence-electron chi connectivity index (χ0n) is 13.1. The number of carbonyl (C=O) groups excluding carboxylic acids is 1. The minimum Gasteiger partial charge on any atom is -0.456 e. The van der Waals surface area contributed by atoms with Gasteiger partial charge in [0.25, 0.3) is 11.6 Å². The summed E-state index contributed by atoms with van der Waals surface area (Å²) in [6, 6.07) is 10.9. The molecular formula is C16H10N6O4. The van der Waals surface area contributed by atoms with Gasteiger partial charge < -0.3 is 4.42 Å². The summed E-state index contributed by atoms with van der Waals surface area (Å²) in [4.78, 5) is 22.7. The normalized spacial score (nSPS) is 11.0. The van der Waals surface area contributed by atoms with Gasteiger partial charge in [0.15, 0.2) is 0 Å². The van der Waals surface area contributed by atoms with Crippen molar-refractivity contribution >= 4 is 17.7 Å². The molecule has 1 N–H and O–H groups in total. The van der Waals surface area contributed by atoms with Crippen molar-refractivity contribution in [2.45, 2.75) is 0 Å². The van der Waals surface area contributed by atoms with Gasteiger partial charge in [-0.05, 0) is 18.2 Å². The lowest BCUT2D eigenvalue weighted by molar-refractivity contribution is -0.384. The number of para-hydroxylation sites is 1. The first kappa shape index (κ1) is 16.6. The summed E-state index contributed by atoms with van der Waals surface area (Å²) >= 11 is 0. The van der Waals surface area contributed by atoms with Gasteiger partial charge in [0, 0.05) is 12.1 Å². The molecule has 26 heavy (non-hydrogen) atoms. The SMILES string of the molecule is N#C/C(=C\c1ccc(-c2ccccc2[N+](=O)[O-])o1)C(=O)Nn1cnnc1. The Labute approximate surface area is 146 Å². The molecule has 0 aliphatic rings. The highest BCUT2D eigenvalue weighted by atomic mass is 16.6. The molecule has 1 amide bonds. The number of hydrogen-bond donors (Lipinski definition) is 1. The number of nitrogens with one attached hydrogen (secondary N) is 1. The Hall–Kier alpha value is -4.26. The quantitative estimate of drug-likeness (QED) is 0.321. The number of carbonyl (C=O) groups is 1. The lowest BCUT2D eigenvalue weighted by atomic mass is 10.1. The number of amides is 1. The van der Waals surface area contributed by atoms with Gasteiger partial charge in [-0.25, -0.2) is 4.68 Å². The Kier molecular flexibility index (Phi) is 4.53. The van der Waals surface area contributed by atoms with Crippen LogP contribution < -0.4 is 5.43 Å². The van der Waals surface area contributed by atoms with Crippen molar-refractivity contribution < 1.29 is 14.1 Å². The van der Waals surface area contributed by atoms with Crippen LogP contribution in [0.1, 0.15) is 5.76 Å². The molecule has 10 nitrogen and oxygen atoms in total. The molecule has 3 aromatic rings. The van der Waals surface area contributed by atoms with Crippen LogP contribution in [-0.4, -0.2) is 25.7 Å². The highest BCUT2D eigenvalue weighted by Gasteiger charge is 2.17. The Morgan fingerprint density at radius 3 is 2.69 bits per heavy atom. The number of nitrogens with zero attached hydrogens (tertiary/aromatic N) is 5. The Balaban J connectivity index is 1.87. The van der Waals surface area contributed by atoms with Crippen molar-refractivity contribution in [1.82, 2.24) is 14.9 Å². The first-order valence-corrected chi connectivity index (χ1v) is 7.20. The van der Waals surface area contributed by atoms with Crippen molar-refractivity contribution in [2.24, 2.45) is 0 Å². The summed E-state index contributed by atoms with van der Waals surface area (Å²) in [5.41, 5.74) is 2.35. The zero-order chi connectivity index (χ0) is 18.5. The molecule has 0 fully saturated rings. The molecule has 2 aromatic heterocycles. The van der Waals surface area contributed by atoms with E-state index < -0.39 is 10.8 Å². The highest BCUT2D eigenvalue weighted by Crippen LogP contribution is 2.31. The third kappa shape index (κ3) is 3.46. The van der Waals surface area contributed by atoms with Gasteiger partial charge in [-0.3, -0.25) is 20.3 Å². The fraction of sp³-hybridized carbons (Fsp3) is 0. The van der Waals surface area contributed by atoms with Crippen molar-refractivity contribution in [1.29, 1.82) is 5.26 Å². The van der Waals surface area contributed by atoms with Crippen molar-refractivity contribution in [2.75, 3.05) is 5.43 Å². The predicted molar refractivity (Wildman–Crippen MR) is 88.8 cm³/mol. The van der Waals surface area contributed by atoms with Crippen LogP contribution in [-0.2, 0) is 4.79 Å². The fourth-order valence-corrected chi connectivity index (χ4v) is 2.14. The molecule has 2 heterocycles. The van der Waals surface area contributed by atoms with Crippen LogP contribution in [0.4, 0.5) is 5.69 Å². The van der Waals surface area contributed by atoms with Gasteiger partial charge in [0.05, 0.1) is 10.5 Å². The lowest BCUT2D eigenvalue weighted by Crippen LogP contribution is -2.22. The minimum atomic E-state index is -0.684. The summed E-state index contributed by atoms with van der Waals surface area (Å²) < 4.78 is 6.72. The predicted octanol–water partition coefficient (Wildman–Crippen LogP) is 2.12. The summed E-state index contributed by atoms with van der Waals surface area (Å²) in [5, 5.41) is 27.3. The highest BCUT2D eigenvalue weighted by molar-refractivity contribution is 6.06. The van der Waals surface area contributed by atoms with Gasteiger partial charge >= 0.3 is 0 Å².